The highest BCUT2D eigenvalue weighted by Crippen LogP contribution is 2.32. The van der Waals surface area contributed by atoms with Gasteiger partial charge in [0.15, 0.2) is 0 Å². The lowest BCUT2D eigenvalue weighted by Gasteiger charge is -2.02. The second kappa shape index (κ2) is 3.95. The van der Waals surface area contributed by atoms with E-state index in [4.69, 9.17) is 0 Å². The Labute approximate surface area is 86.0 Å². The quantitative estimate of drug-likeness (QED) is 0.478. The minimum atomic E-state index is -2.81. The summed E-state index contributed by atoms with van der Waals surface area (Å²) in [6.45, 7) is 0. The molecule has 0 spiro atoms. The van der Waals surface area contributed by atoms with Crippen LogP contribution < -0.4 is 0 Å². The molecule has 13 heavy (non-hydrogen) atoms. The Balaban J connectivity index is 3.34. The molecule has 0 heterocycles. The molecule has 0 N–H and O–H groups in total. The lowest BCUT2D eigenvalue weighted by Crippen LogP contribution is -1.98. The third-order valence-electron chi connectivity index (χ3n) is 1.44. The van der Waals surface area contributed by atoms with Gasteiger partial charge in [0.05, 0.1) is 14.1 Å². The van der Waals surface area contributed by atoms with E-state index in [-0.39, 0.29) is 3.57 Å². The van der Waals surface area contributed by atoms with Crippen LogP contribution in [0.25, 0.3) is 0 Å². The molecule has 1 aromatic rings. The monoisotopic (exact) mass is 299 g/mol. The van der Waals surface area contributed by atoms with Crippen LogP contribution in [0.2, 0.25) is 0 Å². The van der Waals surface area contributed by atoms with Crippen molar-refractivity contribution in [1.29, 1.82) is 0 Å². The van der Waals surface area contributed by atoms with Crippen LogP contribution in [0, 0.1) is 13.7 Å². The lowest BCUT2D eigenvalue weighted by molar-refractivity contribution is -0.387. The molecule has 0 atom stereocenters. The number of rotatable bonds is 2. The molecule has 1 aromatic carbocycles. The van der Waals surface area contributed by atoms with E-state index < -0.39 is 22.6 Å². The van der Waals surface area contributed by atoms with E-state index in [9.17, 15) is 18.9 Å². The summed E-state index contributed by atoms with van der Waals surface area (Å²) in [5.41, 5.74) is -1.03. The van der Waals surface area contributed by atoms with Crippen LogP contribution in [-0.2, 0) is 0 Å². The van der Waals surface area contributed by atoms with E-state index in [2.05, 4.69) is 0 Å². The van der Waals surface area contributed by atoms with Crippen LogP contribution in [0.4, 0.5) is 14.5 Å². The van der Waals surface area contributed by atoms with Crippen LogP contribution in [-0.4, -0.2) is 4.92 Å². The zero-order valence-corrected chi connectivity index (χ0v) is 8.36. The third kappa shape index (κ3) is 2.11. The second-order valence-electron chi connectivity index (χ2n) is 2.24. The van der Waals surface area contributed by atoms with Gasteiger partial charge in [0, 0.05) is 0 Å². The van der Waals surface area contributed by atoms with Gasteiger partial charge >= 0.3 is 0 Å². The average molecular weight is 299 g/mol. The van der Waals surface area contributed by atoms with E-state index >= 15 is 0 Å². The molecule has 70 valence electrons. The topological polar surface area (TPSA) is 43.1 Å². The maximum Gasteiger partial charge on any atom is 0.291 e. The summed E-state index contributed by atoms with van der Waals surface area (Å²) in [5, 5.41) is 10.4. The first-order valence-corrected chi connectivity index (χ1v) is 4.33. The van der Waals surface area contributed by atoms with Gasteiger partial charge in [-0.15, -0.1) is 0 Å². The zero-order valence-electron chi connectivity index (χ0n) is 6.21. The Morgan fingerprint density at radius 1 is 1.46 bits per heavy atom. The maximum absolute atomic E-state index is 12.3. The first kappa shape index (κ1) is 10.3. The number of halogens is 3. The highest BCUT2D eigenvalue weighted by atomic mass is 127. The van der Waals surface area contributed by atoms with Gasteiger partial charge in [0.25, 0.3) is 12.1 Å². The van der Waals surface area contributed by atoms with Gasteiger partial charge in [-0.05, 0) is 34.7 Å². The minimum absolute atomic E-state index is 0.223. The summed E-state index contributed by atoms with van der Waals surface area (Å²) in [7, 11) is 0. The fourth-order valence-electron chi connectivity index (χ4n) is 0.901. The molecule has 0 aliphatic carbocycles. The fourth-order valence-corrected chi connectivity index (χ4v) is 1.62. The van der Waals surface area contributed by atoms with Crippen molar-refractivity contribution in [3.05, 3.63) is 37.4 Å². The number of para-hydroxylation sites is 1. The predicted molar refractivity (Wildman–Crippen MR) is 50.8 cm³/mol. The molecule has 1 rings (SSSR count). The number of nitrogens with zero attached hydrogens (tertiary/aromatic N) is 1. The normalized spacial score (nSPS) is 10.5. The molecule has 6 heteroatoms. The van der Waals surface area contributed by atoms with Gasteiger partial charge in [-0.25, -0.2) is 8.78 Å². The number of hydrogen-bond donors (Lipinski definition) is 0. The van der Waals surface area contributed by atoms with Crippen molar-refractivity contribution >= 4 is 28.3 Å². The van der Waals surface area contributed by atoms with Gasteiger partial charge in [-0.3, -0.25) is 10.1 Å². The van der Waals surface area contributed by atoms with Gasteiger partial charge in [-0.1, -0.05) is 6.07 Å². The highest BCUT2D eigenvalue weighted by molar-refractivity contribution is 14.1. The van der Waals surface area contributed by atoms with Crippen molar-refractivity contribution in [1.82, 2.24) is 0 Å². The molecular weight excluding hydrogens is 295 g/mol. The number of hydrogen-bond acceptors (Lipinski definition) is 2. The van der Waals surface area contributed by atoms with Crippen LogP contribution >= 0.6 is 22.6 Å². The predicted octanol–water partition coefficient (Wildman–Crippen LogP) is 3.14. The van der Waals surface area contributed by atoms with Crippen LogP contribution in [0.1, 0.15) is 12.0 Å². The molecule has 0 fully saturated rings. The van der Waals surface area contributed by atoms with E-state index in [0.717, 1.165) is 6.07 Å². The Bertz CT molecular complexity index is 343. The maximum atomic E-state index is 12.3. The molecular formula is C7H4F2INO2. The molecule has 0 aliphatic heterocycles. The molecule has 0 amide bonds. The Hall–Kier alpha value is -0.790. The van der Waals surface area contributed by atoms with E-state index in [1.54, 1.807) is 22.6 Å². The van der Waals surface area contributed by atoms with Crippen molar-refractivity contribution in [3.8, 4) is 0 Å². The van der Waals surface area contributed by atoms with Crippen molar-refractivity contribution in [2.45, 2.75) is 6.43 Å². The van der Waals surface area contributed by atoms with Gasteiger partial charge < -0.3 is 0 Å². The number of benzene rings is 1. The van der Waals surface area contributed by atoms with Crippen molar-refractivity contribution in [3.63, 3.8) is 0 Å². The number of alkyl halides is 2. The van der Waals surface area contributed by atoms with Gasteiger partial charge in [-0.2, -0.15) is 0 Å². The minimum Gasteiger partial charge on any atom is -0.258 e. The molecule has 0 saturated carbocycles. The SMILES string of the molecule is O=[N+]([O-])c1c(I)cccc1C(F)F. The second-order valence-corrected chi connectivity index (χ2v) is 3.40. The summed E-state index contributed by atoms with van der Waals surface area (Å²) >= 11 is 1.66. The summed E-state index contributed by atoms with van der Waals surface area (Å²) in [6, 6.07) is 3.85. The van der Waals surface area contributed by atoms with Gasteiger partial charge in [0.2, 0.25) is 0 Å². The summed E-state index contributed by atoms with van der Waals surface area (Å²) in [6.07, 6.45) is -2.81. The van der Waals surface area contributed by atoms with E-state index in [1.165, 1.54) is 12.1 Å². The average Bonchev–Trinajstić information content (AvgIpc) is 2.02. The zero-order chi connectivity index (χ0) is 10.0. The molecule has 3 nitrogen and oxygen atoms in total. The molecule has 0 bridgehead atoms. The van der Waals surface area contributed by atoms with Crippen molar-refractivity contribution in [2.24, 2.45) is 0 Å². The first-order chi connectivity index (χ1) is 6.04. The molecule has 0 radical (unpaired) electrons. The molecule has 0 aliphatic rings. The van der Waals surface area contributed by atoms with Crippen molar-refractivity contribution in [2.75, 3.05) is 0 Å². The smallest absolute Gasteiger partial charge is 0.258 e. The summed E-state index contributed by atoms with van der Waals surface area (Å²) in [4.78, 5) is 9.63. The van der Waals surface area contributed by atoms with E-state index in [0.29, 0.717) is 0 Å². The highest BCUT2D eigenvalue weighted by Gasteiger charge is 2.23. The Kier molecular flexibility index (Phi) is 3.12. The number of nitro benzene ring substituents is 1. The summed E-state index contributed by atoms with van der Waals surface area (Å²) in [5.74, 6) is 0. The standard InChI is InChI=1S/C7H4F2INO2/c8-7(9)4-2-1-3-5(10)6(4)11(12)13/h1-3,7H. The fraction of sp³-hybridized carbons (Fsp3) is 0.143. The van der Waals surface area contributed by atoms with Crippen molar-refractivity contribution < 1.29 is 13.7 Å². The Morgan fingerprint density at radius 2 is 2.08 bits per heavy atom. The summed E-state index contributed by atoms with van der Waals surface area (Å²) < 4.78 is 24.7. The molecule has 0 saturated heterocycles. The number of nitro groups is 1. The largest absolute Gasteiger partial charge is 0.291 e. The third-order valence-corrected chi connectivity index (χ3v) is 2.31. The Morgan fingerprint density at radius 3 is 2.46 bits per heavy atom. The van der Waals surface area contributed by atoms with Crippen LogP contribution in [0.5, 0.6) is 0 Å². The van der Waals surface area contributed by atoms with E-state index in [1.807, 2.05) is 0 Å². The van der Waals surface area contributed by atoms with Gasteiger partial charge in [0.1, 0.15) is 0 Å². The molecule has 0 aromatic heterocycles. The first-order valence-electron chi connectivity index (χ1n) is 3.25. The molecule has 0 unspecified atom stereocenters. The lowest BCUT2D eigenvalue weighted by atomic mass is 10.2. The van der Waals surface area contributed by atoms with Crippen LogP contribution in [0.3, 0.4) is 0 Å². The van der Waals surface area contributed by atoms with Crippen LogP contribution in [0.15, 0.2) is 18.2 Å².